The van der Waals surface area contributed by atoms with E-state index < -0.39 is 5.97 Å². The number of allylic oxidation sites excluding steroid dienone is 9. The molecule has 1 aliphatic rings. The zero-order chi connectivity index (χ0) is 20.6. The van der Waals surface area contributed by atoms with Crippen LogP contribution in [0.1, 0.15) is 52.5 Å². The molecule has 0 heterocycles. The quantitative estimate of drug-likeness (QED) is 0.418. The van der Waals surface area contributed by atoms with Crippen LogP contribution >= 0.6 is 0 Å². The van der Waals surface area contributed by atoms with Crippen LogP contribution in [0.25, 0.3) is 0 Å². The zero-order valence-corrected chi connectivity index (χ0v) is 17.5. The summed E-state index contributed by atoms with van der Waals surface area (Å²) in [6.45, 7) is 8.55. The molecule has 2 nitrogen and oxygen atoms in total. The Kier molecular flexibility index (Phi) is 7.80. The summed E-state index contributed by atoms with van der Waals surface area (Å²) < 4.78 is 0. The number of hydrogen-bond donors (Lipinski definition) is 1. The molecule has 1 aromatic rings. The van der Waals surface area contributed by atoms with Crippen LogP contribution in [0.5, 0.6) is 0 Å². The topological polar surface area (TPSA) is 37.3 Å². The SMILES string of the molecule is CC(=C/C=C/C(C)=C/C(=O)O)/C=C/C1=C(Cc2ccccc2)CCCC1(C)C. The van der Waals surface area contributed by atoms with E-state index in [2.05, 4.69) is 63.3 Å². The van der Waals surface area contributed by atoms with Gasteiger partial charge < -0.3 is 5.11 Å². The van der Waals surface area contributed by atoms with Crippen molar-refractivity contribution in [2.75, 3.05) is 0 Å². The molecular formula is C26H32O2. The first-order valence-electron chi connectivity index (χ1n) is 9.98. The van der Waals surface area contributed by atoms with Gasteiger partial charge in [0.1, 0.15) is 0 Å². The second-order valence-electron chi connectivity index (χ2n) is 8.25. The maximum atomic E-state index is 10.7. The van der Waals surface area contributed by atoms with Crippen LogP contribution in [-0.2, 0) is 11.2 Å². The van der Waals surface area contributed by atoms with Gasteiger partial charge in [0.2, 0.25) is 0 Å². The highest BCUT2D eigenvalue weighted by atomic mass is 16.4. The second kappa shape index (κ2) is 10.1. The monoisotopic (exact) mass is 376 g/mol. The molecule has 0 saturated carbocycles. The lowest BCUT2D eigenvalue weighted by Crippen LogP contribution is -2.20. The normalized spacial score (nSPS) is 18.3. The Morgan fingerprint density at radius 1 is 1.11 bits per heavy atom. The van der Waals surface area contributed by atoms with Gasteiger partial charge in [-0.2, -0.15) is 0 Å². The van der Waals surface area contributed by atoms with Gasteiger partial charge in [-0.05, 0) is 61.7 Å². The van der Waals surface area contributed by atoms with E-state index in [1.54, 1.807) is 12.5 Å². The van der Waals surface area contributed by atoms with E-state index in [-0.39, 0.29) is 5.41 Å². The van der Waals surface area contributed by atoms with Gasteiger partial charge in [0, 0.05) is 6.08 Å². The second-order valence-corrected chi connectivity index (χ2v) is 8.25. The molecule has 0 unspecified atom stereocenters. The molecule has 0 spiro atoms. The Labute approximate surface area is 169 Å². The Bertz CT molecular complexity index is 830. The Morgan fingerprint density at radius 2 is 1.82 bits per heavy atom. The number of carboxylic acids is 1. The summed E-state index contributed by atoms with van der Waals surface area (Å²) >= 11 is 0. The van der Waals surface area contributed by atoms with Crippen LogP contribution in [0.3, 0.4) is 0 Å². The molecule has 0 radical (unpaired) electrons. The fraction of sp³-hybridized carbons (Fsp3) is 0.346. The predicted octanol–water partition coefficient (Wildman–Crippen LogP) is 6.83. The van der Waals surface area contributed by atoms with Crippen LogP contribution < -0.4 is 0 Å². The van der Waals surface area contributed by atoms with Crippen molar-refractivity contribution in [1.82, 2.24) is 0 Å². The van der Waals surface area contributed by atoms with E-state index in [4.69, 9.17) is 5.11 Å². The van der Waals surface area contributed by atoms with Crippen molar-refractivity contribution in [3.8, 4) is 0 Å². The third kappa shape index (κ3) is 6.84. The van der Waals surface area contributed by atoms with E-state index in [1.165, 1.54) is 36.5 Å². The van der Waals surface area contributed by atoms with Crippen LogP contribution in [0.4, 0.5) is 0 Å². The fourth-order valence-electron chi connectivity index (χ4n) is 3.73. The van der Waals surface area contributed by atoms with Crippen LogP contribution in [0.15, 0.2) is 89.1 Å². The highest BCUT2D eigenvalue weighted by Gasteiger charge is 2.28. The van der Waals surface area contributed by atoms with Gasteiger partial charge in [0.25, 0.3) is 0 Å². The standard InChI is InChI=1S/C26H32O2/c1-20(10-8-11-21(2)18-25(27)28)15-16-24-23(14-9-17-26(24,3)4)19-22-12-6-5-7-13-22/h5-8,10-13,15-16,18H,9,14,17,19H2,1-4H3,(H,27,28)/b11-8+,16-15+,20-10-,21-18+. The highest BCUT2D eigenvalue weighted by molar-refractivity contribution is 5.81. The highest BCUT2D eigenvalue weighted by Crippen LogP contribution is 2.42. The van der Waals surface area contributed by atoms with E-state index in [9.17, 15) is 4.79 Å². The van der Waals surface area contributed by atoms with Crippen molar-refractivity contribution < 1.29 is 9.90 Å². The number of carbonyl (C=O) groups is 1. The molecule has 1 aliphatic carbocycles. The molecule has 2 heteroatoms. The summed E-state index contributed by atoms with van der Waals surface area (Å²) in [6.07, 6.45) is 16.1. The van der Waals surface area contributed by atoms with Gasteiger partial charge in [-0.1, -0.05) is 85.7 Å². The number of rotatable bonds is 7. The molecule has 0 atom stereocenters. The molecule has 148 valence electrons. The number of hydrogen-bond acceptors (Lipinski definition) is 1. The van der Waals surface area contributed by atoms with E-state index in [1.807, 2.05) is 18.2 Å². The average molecular weight is 377 g/mol. The number of benzene rings is 1. The first kappa shape index (κ1) is 21.7. The summed E-state index contributed by atoms with van der Waals surface area (Å²) in [6, 6.07) is 10.7. The third-order valence-electron chi connectivity index (χ3n) is 5.23. The average Bonchev–Trinajstić information content (AvgIpc) is 2.61. The molecule has 0 bridgehead atoms. The molecule has 1 N–H and O–H groups in total. The predicted molar refractivity (Wildman–Crippen MR) is 118 cm³/mol. The summed E-state index contributed by atoms with van der Waals surface area (Å²) in [5.74, 6) is -0.917. The summed E-state index contributed by atoms with van der Waals surface area (Å²) in [4.78, 5) is 10.7. The lowest BCUT2D eigenvalue weighted by atomic mass is 9.71. The lowest BCUT2D eigenvalue weighted by Gasteiger charge is -2.34. The van der Waals surface area contributed by atoms with E-state index >= 15 is 0 Å². The van der Waals surface area contributed by atoms with Gasteiger partial charge >= 0.3 is 5.97 Å². The lowest BCUT2D eigenvalue weighted by molar-refractivity contribution is -0.131. The Hall–Kier alpha value is -2.61. The summed E-state index contributed by atoms with van der Waals surface area (Å²) in [5.41, 5.74) is 6.44. The first-order valence-corrected chi connectivity index (χ1v) is 9.98. The Morgan fingerprint density at radius 3 is 2.50 bits per heavy atom. The van der Waals surface area contributed by atoms with Crippen molar-refractivity contribution >= 4 is 5.97 Å². The van der Waals surface area contributed by atoms with E-state index in [0.29, 0.717) is 0 Å². The third-order valence-corrected chi connectivity index (χ3v) is 5.23. The Balaban J connectivity index is 2.21. The molecule has 0 amide bonds. The van der Waals surface area contributed by atoms with Crippen LogP contribution in [0.2, 0.25) is 0 Å². The smallest absolute Gasteiger partial charge is 0.328 e. The van der Waals surface area contributed by atoms with Crippen LogP contribution in [-0.4, -0.2) is 11.1 Å². The van der Waals surface area contributed by atoms with Crippen molar-refractivity contribution in [3.05, 3.63) is 94.6 Å². The van der Waals surface area contributed by atoms with Crippen molar-refractivity contribution in [3.63, 3.8) is 0 Å². The number of carboxylic acid groups (broad SMARTS) is 1. The molecule has 28 heavy (non-hydrogen) atoms. The molecule has 0 fully saturated rings. The molecule has 0 aromatic heterocycles. The van der Waals surface area contributed by atoms with Gasteiger partial charge in [-0.15, -0.1) is 0 Å². The molecular weight excluding hydrogens is 344 g/mol. The summed E-state index contributed by atoms with van der Waals surface area (Å²) in [5, 5.41) is 8.76. The van der Waals surface area contributed by atoms with Crippen LogP contribution in [0, 0.1) is 5.41 Å². The van der Waals surface area contributed by atoms with Crippen molar-refractivity contribution in [2.24, 2.45) is 5.41 Å². The minimum Gasteiger partial charge on any atom is -0.478 e. The maximum absolute atomic E-state index is 10.7. The largest absolute Gasteiger partial charge is 0.478 e. The van der Waals surface area contributed by atoms with Crippen molar-refractivity contribution in [1.29, 1.82) is 0 Å². The fourth-order valence-corrected chi connectivity index (χ4v) is 3.73. The van der Waals surface area contributed by atoms with Crippen molar-refractivity contribution in [2.45, 2.75) is 53.4 Å². The minimum absolute atomic E-state index is 0.190. The van der Waals surface area contributed by atoms with Gasteiger partial charge in [0.15, 0.2) is 0 Å². The number of aliphatic carboxylic acids is 1. The molecule has 1 aromatic carbocycles. The molecule has 0 aliphatic heterocycles. The first-order chi connectivity index (χ1) is 13.3. The maximum Gasteiger partial charge on any atom is 0.328 e. The minimum atomic E-state index is -0.917. The zero-order valence-electron chi connectivity index (χ0n) is 17.5. The van der Waals surface area contributed by atoms with E-state index in [0.717, 1.165) is 17.6 Å². The molecule has 0 saturated heterocycles. The molecule has 2 rings (SSSR count). The van der Waals surface area contributed by atoms with Gasteiger partial charge in [-0.3, -0.25) is 0 Å². The summed E-state index contributed by atoms with van der Waals surface area (Å²) in [7, 11) is 0. The van der Waals surface area contributed by atoms with Gasteiger partial charge in [-0.25, -0.2) is 4.79 Å². The van der Waals surface area contributed by atoms with Gasteiger partial charge in [0.05, 0.1) is 0 Å².